The summed E-state index contributed by atoms with van der Waals surface area (Å²) in [6.07, 6.45) is 0. The molecule has 3 nitrogen and oxygen atoms in total. The van der Waals surface area contributed by atoms with E-state index in [9.17, 15) is 4.57 Å². The van der Waals surface area contributed by atoms with Crippen LogP contribution in [0.5, 0.6) is 0 Å². The first-order chi connectivity index (χ1) is 4.18. The molecule has 0 radical (unpaired) electrons. The fourth-order valence-corrected chi connectivity index (χ4v) is 10.5. The van der Waals surface area contributed by atoms with E-state index in [2.05, 4.69) is 13.1 Å². The average Bonchev–Trinajstić information content (AvgIpc) is 1.59. The van der Waals surface area contributed by atoms with Crippen molar-refractivity contribution in [2.24, 2.45) is 0 Å². The second kappa shape index (κ2) is 3.12. The Balaban J connectivity index is 2.43. The normalized spacial score (nSPS) is 44.9. The van der Waals surface area contributed by atoms with E-state index in [1.54, 1.807) is 0 Å². The fourth-order valence-electron chi connectivity index (χ4n) is 0.920. The van der Waals surface area contributed by atoms with Crippen LogP contribution in [0, 0.1) is 0 Å². The van der Waals surface area contributed by atoms with Gasteiger partial charge in [0.15, 0.2) is 18.1 Å². The van der Waals surface area contributed by atoms with Crippen molar-refractivity contribution < 1.29 is 13.0 Å². The standard InChI is InChI=1S/C3H11O3PSi2/c1-8-3-9(2)6-7(4)5-8/h7-9H,3H2,1-2H3. The molecule has 0 amide bonds. The fraction of sp³-hybridized carbons (Fsp3) is 1.00. The van der Waals surface area contributed by atoms with Gasteiger partial charge in [-0.2, -0.15) is 0 Å². The molecule has 0 aromatic heterocycles. The minimum absolute atomic E-state index is 1.04. The third-order valence-electron chi connectivity index (χ3n) is 1.26. The first-order valence-corrected chi connectivity index (χ1v) is 9.16. The zero-order valence-corrected chi connectivity index (χ0v) is 8.90. The highest BCUT2D eigenvalue weighted by Crippen LogP contribution is 2.32. The molecule has 1 aliphatic heterocycles. The minimum atomic E-state index is -2.02. The Morgan fingerprint density at radius 1 is 1.33 bits per heavy atom. The zero-order chi connectivity index (χ0) is 6.85. The maximum atomic E-state index is 10.7. The Bertz CT molecular complexity index is 118. The molecule has 0 bridgehead atoms. The highest BCUT2D eigenvalue weighted by Gasteiger charge is 2.23. The van der Waals surface area contributed by atoms with Crippen LogP contribution in [0.25, 0.3) is 0 Å². The smallest absolute Gasteiger partial charge is 0.299 e. The van der Waals surface area contributed by atoms with Crippen molar-refractivity contribution in [3.8, 4) is 0 Å². The van der Waals surface area contributed by atoms with Gasteiger partial charge in [-0.15, -0.1) is 0 Å². The Morgan fingerprint density at radius 2 is 1.78 bits per heavy atom. The second-order valence-corrected chi connectivity index (χ2v) is 9.86. The Kier molecular flexibility index (Phi) is 2.66. The molecule has 0 aliphatic carbocycles. The molecule has 0 aromatic rings. The second-order valence-electron chi connectivity index (χ2n) is 2.34. The summed E-state index contributed by atoms with van der Waals surface area (Å²) in [7, 11) is -4.10. The summed E-state index contributed by atoms with van der Waals surface area (Å²) in [4.78, 5) is 0. The zero-order valence-electron chi connectivity index (χ0n) is 5.59. The van der Waals surface area contributed by atoms with Crippen LogP contribution in [0.15, 0.2) is 0 Å². The van der Waals surface area contributed by atoms with Gasteiger partial charge < -0.3 is 8.43 Å². The van der Waals surface area contributed by atoms with Gasteiger partial charge in [0, 0.05) is 0 Å². The van der Waals surface area contributed by atoms with Crippen LogP contribution in [0.4, 0.5) is 0 Å². The van der Waals surface area contributed by atoms with E-state index in [1.807, 2.05) is 0 Å². The molecule has 1 rings (SSSR count). The molecule has 0 N–H and O–H groups in total. The first-order valence-electron chi connectivity index (χ1n) is 3.05. The number of rotatable bonds is 0. The molecule has 0 spiro atoms. The van der Waals surface area contributed by atoms with Gasteiger partial charge in [-0.1, -0.05) is 0 Å². The van der Waals surface area contributed by atoms with Crippen molar-refractivity contribution in [1.29, 1.82) is 0 Å². The molecule has 2 atom stereocenters. The van der Waals surface area contributed by atoms with Gasteiger partial charge in [0.05, 0.1) is 0 Å². The van der Waals surface area contributed by atoms with Gasteiger partial charge in [-0.05, 0) is 18.8 Å². The van der Waals surface area contributed by atoms with E-state index in [0.717, 1.165) is 5.67 Å². The highest BCUT2D eigenvalue weighted by molar-refractivity contribution is 7.38. The lowest BCUT2D eigenvalue weighted by molar-refractivity contribution is 0.413. The van der Waals surface area contributed by atoms with Crippen molar-refractivity contribution in [3.63, 3.8) is 0 Å². The Morgan fingerprint density at radius 3 is 2.11 bits per heavy atom. The first kappa shape index (κ1) is 7.69. The van der Waals surface area contributed by atoms with Crippen molar-refractivity contribution in [3.05, 3.63) is 0 Å². The van der Waals surface area contributed by atoms with Crippen LogP contribution in [-0.2, 0) is 13.0 Å². The molecule has 0 aromatic carbocycles. The Labute approximate surface area is 58.8 Å². The predicted molar refractivity (Wildman–Crippen MR) is 42.0 cm³/mol. The predicted octanol–water partition coefficient (Wildman–Crippen LogP) is 0.669. The SMILES string of the molecule is C[SiH]1C[SiH](C)O[PH](=O)O1. The topological polar surface area (TPSA) is 35.5 Å². The van der Waals surface area contributed by atoms with Crippen molar-refractivity contribution in [2.45, 2.75) is 18.8 Å². The molecule has 1 saturated heterocycles. The van der Waals surface area contributed by atoms with Gasteiger partial charge in [0.1, 0.15) is 0 Å². The molecule has 1 fully saturated rings. The largest absolute Gasteiger partial charge is 0.357 e. The molecule has 9 heavy (non-hydrogen) atoms. The quantitative estimate of drug-likeness (QED) is 0.408. The van der Waals surface area contributed by atoms with Crippen LogP contribution in [0.1, 0.15) is 0 Å². The van der Waals surface area contributed by atoms with Crippen molar-refractivity contribution >= 4 is 26.3 Å². The van der Waals surface area contributed by atoms with Gasteiger partial charge in [-0.3, -0.25) is 4.57 Å². The third kappa shape index (κ3) is 2.35. The van der Waals surface area contributed by atoms with Gasteiger partial charge >= 0.3 is 0 Å². The van der Waals surface area contributed by atoms with E-state index in [-0.39, 0.29) is 0 Å². The Hall–Kier alpha value is 0.584. The van der Waals surface area contributed by atoms with Gasteiger partial charge in [0.25, 0.3) is 8.25 Å². The monoisotopic (exact) mass is 182 g/mol. The summed E-state index contributed by atoms with van der Waals surface area (Å²) in [5, 5.41) is 0. The van der Waals surface area contributed by atoms with Crippen molar-refractivity contribution in [1.82, 2.24) is 0 Å². The maximum Gasteiger partial charge on any atom is 0.299 e. The summed E-state index contributed by atoms with van der Waals surface area (Å²) in [6, 6.07) is 0. The van der Waals surface area contributed by atoms with E-state index in [0.29, 0.717) is 0 Å². The number of hydrogen-bond acceptors (Lipinski definition) is 3. The van der Waals surface area contributed by atoms with Crippen LogP contribution in [0.3, 0.4) is 0 Å². The van der Waals surface area contributed by atoms with Crippen LogP contribution >= 0.6 is 8.25 Å². The maximum absolute atomic E-state index is 10.7. The summed E-state index contributed by atoms with van der Waals surface area (Å²) in [5.41, 5.74) is 1.12. The van der Waals surface area contributed by atoms with Crippen molar-refractivity contribution in [2.75, 3.05) is 0 Å². The number of hydrogen-bond donors (Lipinski definition) is 0. The molecule has 2 unspecified atom stereocenters. The van der Waals surface area contributed by atoms with E-state index >= 15 is 0 Å². The van der Waals surface area contributed by atoms with Crippen LogP contribution in [-0.4, -0.2) is 18.1 Å². The summed E-state index contributed by atoms with van der Waals surface area (Å²) < 4.78 is 20.8. The molecule has 1 heterocycles. The summed E-state index contributed by atoms with van der Waals surface area (Å²) >= 11 is 0. The molecule has 6 heteroatoms. The molecular formula is C3H11O3PSi2. The van der Waals surface area contributed by atoms with Crippen LogP contribution in [0.2, 0.25) is 18.8 Å². The third-order valence-corrected chi connectivity index (χ3v) is 11.3. The van der Waals surface area contributed by atoms with E-state index in [4.69, 9.17) is 8.43 Å². The van der Waals surface area contributed by atoms with Gasteiger partial charge in [-0.25, -0.2) is 0 Å². The lowest BCUT2D eigenvalue weighted by Crippen LogP contribution is -2.26. The summed E-state index contributed by atoms with van der Waals surface area (Å²) in [5.74, 6) is 0. The van der Waals surface area contributed by atoms with E-state index in [1.165, 1.54) is 0 Å². The highest BCUT2D eigenvalue weighted by atomic mass is 31.1. The summed E-state index contributed by atoms with van der Waals surface area (Å²) in [6.45, 7) is 4.16. The van der Waals surface area contributed by atoms with E-state index < -0.39 is 26.3 Å². The molecule has 54 valence electrons. The molecule has 0 saturated carbocycles. The average molecular weight is 182 g/mol. The minimum Gasteiger partial charge on any atom is -0.357 e. The van der Waals surface area contributed by atoms with Crippen LogP contribution < -0.4 is 0 Å². The lowest BCUT2D eigenvalue weighted by atomic mass is 11.8. The molecule has 1 aliphatic rings. The lowest BCUT2D eigenvalue weighted by Gasteiger charge is -2.21. The molecular weight excluding hydrogens is 171 g/mol. The van der Waals surface area contributed by atoms with Gasteiger partial charge in [0.2, 0.25) is 0 Å².